The Morgan fingerprint density at radius 1 is 0.684 bits per heavy atom. The first-order chi connectivity index (χ1) is 26.5. The number of hydrogen-bond acceptors (Lipinski definition) is 12. The normalized spacial score (nSPS) is 22.4. The van der Waals surface area contributed by atoms with Gasteiger partial charge in [0.15, 0.2) is 0 Å². The third kappa shape index (κ3) is 12.1. The Morgan fingerprint density at radius 2 is 1.14 bits per heavy atom. The number of nitrogens with zero attached hydrogens (tertiary/aromatic N) is 3. The minimum absolute atomic E-state index is 0.0331. The summed E-state index contributed by atoms with van der Waals surface area (Å²) in [5.74, 6) is -2.44. The van der Waals surface area contributed by atoms with Crippen LogP contribution in [0.4, 0.5) is 19.2 Å². The number of halogens is 1. The van der Waals surface area contributed by atoms with Crippen LogP contribution in [-0.4, -0.2) is 97.9 Å². The second kappa shape index (κ2) is 18.3. The molecule has 0 saturated carbocycles. The highest BCUT2D eigenvalue weighted by Gasteiger charge is 2.48. The number of alkyl carbamates (subject to hydrolysis) is 1. The second-order valence-electron chi connectivity index (χ2n) is 15.8. The number of alkyl halides is 1. The maximum Gasteiger partial charge on any atom is 0.424 e. The van der Waals surface area contributed by atoms with Crippen molar-refractivity contribution in [1.29, 1.82) is 0 Å². The molecular weight excluding hydrogens is 808 g/mol. The zero-order chi connectivity index (χ0) is 42.4. The number of carbonyl (C=O) groups is 8. The lowest BCUT2D eigenvalue weighted by atomic mass is 10.0. The number of ether oxygens (including phenoxy) is 4. The molecule has 4 unspecified atom stereocenters. The summed E-state index contributed by atoms with van der Waals surface area (Å²) in [5, 5.41) is 2.62. The van der Waals surface area contributed by atoms with E-state index in [-0.39, 0.29) is 38.0 Å². The summed E-state index contributed by atoms with van der Waals surface area (Å²) in [4.78, 5) is 97.1. The van der Waals surface area contributed by atoms with Crippen molar-refractivity contribution < 1.29 is 57.3 Å². The molecule has 0 spiro atoms. The van der Waals surface area contributed by atoms with Gasteiger partial charge in [0.25, 0.3) is 11.8 Å². The Kier molecular flexibility index (Phi) is 14.3. The minimum Gasteiger partial charge on any atom is -0.443 e. The third-order valence-corrected chi connectivity index (χ3v) is 9.53. The van der Waals surface area contributed by atoms with Gasteiger partial charge in [-0.05, 0) is 79.4 Å². The molecule has 1 N–H and O–H groups in total. The summed E-state index contributed by atoms with van der Waals surface area (Å²) in [7, 11) is 0. The first kappa shape index (κ1) is 44.4. The molecule has 4 aliphatic rings. The van der Waals surface area contributed by atoms with Crippen LogP contribution < -0.4 is 5.32 Å². The van der Waals surface area contributed by atoms with Crippen molar-refractivity contribution >= 4 is 63.9 Å². The molecule has 0 bridgehead atoms. The fourth-order valence-corrected chi connectivity index (χ4v) is 6.28. The van der Waals surface area contributed by atoms with E-state index in [0.29, 0.717) is 22.8 Å². The molecule has 0 aliphatic carbocycles. The van der Waals surface area contributed by atoms with Crippen molar-refractivity contribution in [3.63, 3.8) is 0 Å². The number of benzene rings is 2. The quantitative estimate of drug-likeness (QED) is 0.199. The van der Waals surface area contributed by atoms with Gasteiger partial charge in [0.1, 0.15) is 29.5 Å². The molecule has 4 heterocycles. The smallest absolute Gasteiger partial charge is 0.424 e. The number of hydrogen-bond donors (Lipinski definition) is 1. The number of piperidine rings is 2. The van der Waals surface area contributed by atoms with E-state index < -0.39 is 70.1 Å². The van der Waals surface area contributed by atoms with Crippen molar-refractivity contribution in [2.75, 3.05) is 13.1 Å². The highest BCUT2D eigenvalue weighted by atomic mass is 79.9. The van der Waals surface area contributed by atoms with Gasteiger partial charge in [-0.1, -0.05) is 75.6 Å². The van der Waals surface area contributed by atoms with Gasteiger partial charge in [0, 0.05) is 12.8 Å². The number of rotatable bonds is 3. The average molecular weight is 858 g/mol. The molecule has 2 aromatic rings. The van der Waals surface area contributed by atoms with E-state index in [1.54, 1.807) is 41.5 Å². The molecule has 4 saturated heterocycles. The van der Waals surface area contributed by atoms with E-state index in [1.807, 2.05) is 62.4 Å². The van der Waals surface area contributed by atoms with Crippen LogP contribution in [0.1, 0.15) is 102 Å². The van der Waals surface area contributed by atoms with Crippen LogP contribution in [-0.2, 0) is 38.1 Å². The fourth-order valence-electron chi connectivity index (χ4n) is 5.85. The summed E-state index contributed by atoms with van der Waals surface area (Å²) < 4.78 is 20.6. The number of amides is 8. The van der Waals surface area contributed by atoms with Gasteiger partial charge >= 0.3 is 24.4 Å². The predicted octanol–water partition coefficient (Wildman–Crippen LogP) is 6.55. The van der Waals surface area contributed by atoms with Crippen LogP contribution in [0.15, 0.2) is 48.5 Å². The topological polar surface area (TPSA) is 195 Å². The molecule has 2 aromatic carbocycles. The Labute approximate surface area is 339 Å². The van der Waals surface area contributed by atoms with Gasteiger partial charge in [0.2, 0.25) is 11.8 Å². The second-order valence-corrected chi connectivity index (χ2v) is 16.9. The van der Waals surface area contributed by atoms with Gasteiger partial charge in [-0.15, -0.1) is 0 Å². The molecule has 0 aromatic heterocycles. The van der Waals surface area contributed by atoms with Crippen molar-refractivity contribution in [2.24, 2.45) is 0 Å². The third-order valence-electron chi connectivity index (χ3n) is 8.68. The summed E-state index contributed by atoms with van der Waals surface area (Å²) in [6, 6.07) is 14.6. The van der Waals surface area contributed by atoms with E-state index in [9.17, 15) is 38.4 Å². The lowest BCUT2D eigenvalue weighted by Gasteiger charge is -2.34. The predicted molar refractivity (Wildman–Crippen MR) is 207 cm³/mol. The van der Waals surface area contributed by atoms with Crippen molar-refractivity contribution in [3.8, 4) is 0 Å². The number of nitrogens with one attached hydrogen (secondary N) is 1. The Bertz CT molecular complexity index is 1870. The molecule has 4 atom stereocenters. The summed E-state index contributed by atoms with van der Waals surface area (Å²) in [6.07, 6.45) is -2.81. The van der Waals surface area contributed by atoms with Crippen molar-refractivity contribution in [3.05, 3.63) is 70.8 Å². The summed E-state index contributed by atoms with van der Waals surface area (Å²) in [6.45, 7) is 14.7. The SMILES string of the molecule is CC(C)(C)OC(=O)N1C(=O)CCC(Br)C1=O.Cc1ccc(C2CN(C3CCC(=O)N(C(=O)OC(C)(C)C)C3=O)C(=O)O2)cc1.Cc1ccc(C2CNC(=O)O2)cc1. The molecule has 4 aliphatic heterocycles. The average Bonchev–Trinajstić information content (AvgIpc) is 3.71. The minimum atomic E-state index is -1.02. The van der Waals surface area contributed by atoms with Crippen molar-refractivity contribution in [2.45, 2.75) is 115 Å². The standard InChI is InChI=1S/C20H24N2O6.C10H14BrNO4.C10H11NO2/c1-12-5-7-13(8-6-12)15-11-21(18(25)27-15)14-9-10-16(23)22(17(14)24)19(26)28-20(2,3)4;1-10(2,3)16-9(15)12-7(13)5-4-6(11)8(12)14;1-7-2-4-8(5-3-7)9-6-11-10(12)13-9/h5-8,14-15H,9-11H2,1-4H3;6H,4-5H2,1-3H3;2-5,9H,6H2,1H3,(H,11,12). The Hall–Kier alpha value is -5.32. The molecule has 0 radical (unpaired) electrons. The van der Waals surface area contributed by atoms with E-state index in [4.69, 9.17) is 18.9 Å². The molecule has 8 amide bonds. The monoisotopic (exact) mass is 856 g/mol. The number of cyclic esters (lactones) is 2. The van der Waals surface area contributed by atoms with Crippen LogP contribution in [0, 0.1) is 13.8 Å². The maximum absolute atomic E-state index is 12.8. The largest absolute Gasteiger partial charge is 0.443 e. The van der Waals surface area contributed by atoms with E-state index >= 15 is 0 Å². The summed E-state index contributed by atoms with van der Waals surface area (Å²) in [5.41, 5.74) is 2.58. The van der Waals surface area contributed by atoms with E-state index in [0.717, 1.165) is 16.7 Å². The van der Waals surface area contributed by atoms with Crippen LogP contribution >= 0.6 is 15.9 Å². The van der Waals surface area contributed by atoms with Crippen LogP contribution in [0.5, 0.6) is 0 Å². The van der Waals surface area contributed by atoms with E-state index in [1.165, 1.54) is 10.5 Å². The molecule has 57 heavy (non-hydrogen) atoms. The summed E-state index contributed by atoms with van der Waals surface area (Å²) >= 11 is 3.12. The number of aryl methyl sites for hydroxylation is 2. The molecule has 4 fully saturated rings. The zero-order valence-corrected chi connectivity index (χ0v) is 34.9. The van der Waals surface area contributed by atoms with Crippen molar-refractivity contribution in [1.82, 2.24) is 20.0 Å². The van der Waals surface area contributed by atoms with E-state index in [2.05, 4.69) is 21.2 Å². The molecule has 16 nitrogen and oxygen atoms in total. The first-order valence-corrected chi connectivity index (χ1v) is 19.3. The fraction of sp³-hybridized carbons (Fsp3) is 0.500. The number of carbonyl (C=O) groups excluding carboxylic acids is 8. The molecule has 6 rings (SSSR count). The van der Waals surface area contributed by atoms with Gasteiger partial charge in [0.05, 0.1) is 17.9 Å². The van der Waals surface area contributed by atoms with Crippen LogP contribution in [0.25, 0.3) is 0 Å². The highest BCUT2D eigenvalue weighted by Crippen LogP contribution is 2.31. The van der Waals surface area contributed by atoms with Gasteiger partial charge in [-0.3, -0.25) is 24.1 Å². The Morgan fingerprint density at radius 3 is 1.60 bits per heavy atom. The number of likely N-dealkylation sites (tertiary alicyclic amines) is 2. The first-order valence-electron chi connectivity index (χ1n) is 18.4. The molecule has 308 valence electrons. The maximum atomic E-state index is 12.8. The lowest BCUT2D eigenvalue weighted by molar-refractivity contribution is -0.151. The molecule has 17 heteroatoms. The van der Waals surface area contributed by atoms with Crippen LogP contribution in [0.2, 0.25) is 0 Å². The van der Waals surface area contributed by atoms with Gasteiger partial charge < -0.3 is 24.3 Å². The lowest BCUT2D eigenvalue weighted by Crippen LogP contribution is -2.57. The molecular formula is C40H49BrN4O12. The van der Waals surface area contributed by atoms with Gasteiger partial charge in [-0.25, -0.2) is 19.2 Å². The van der Waals surface area contributed by atoms with Crippen LogP contribution in [0.3, 0.4) is 0 Å². The zero-order valence-electron chi connectivity index (χ0n) is 33.3. The Balaban J connectivity index is 0.000000209. The number of imide groups is 6. The van der Waals surface area contributed by atoms with Gasteiger partial charge in [-0.2, -0.15) is 9.80 Å². The highest BCUT2D eigenvalue weighted by molar-refractivity contribution is 9.10.